The molecule has 43 heavy (non-hydrogen) atoms. The van der Waals surface area contributed by atoms with E-state index in [1.54, 1.807) is 6.07 Å². The average molecular weight is 596 g/mol. The summed E-state index contributed by atoms with van der Waals surface area (Å²) in [6.07, 6.45) is 9.89. The van der Waals surface area contributed by atoms with E-state index in [9.17, 15) is 14.4 Å². The molecule has 7 rings (SSSR count). The van der Waals surface area contributed by atoms with Crippen molar-refractivity contribution in [2.24, 2.45) is 22.7 Å². The molecule has 0 aromatic heterocycles. The number of hydrogen-bond acceptors (Lipinski definition) is 4. The summed E-state index contributed by atoms with van der Waals surface area (Å²) in [6.45, 7) is 11.3. The molecule has 4 saturated carbocycles. The van der Waals surface area contributed by atoms with Gasteiger partial charge in [-0.25, -0.2) is 9.18 Å². The number of nitrogens with zero attached hydrogens (tertiary/aromatic N) is 3. The van der Waals surface area contributed by atoms with E-state index in [0.717, 1.165) is 50.6 Å². The average Bonchev–Trinajstić information content (AvgIpc) is 3.18. The molecule has 1 aromatic carbocycles. The van der Waals surface area contributed by atoms with Crippen molar-refractivity contribution in [1.82, 2.24) is 20.0 Å². The first-order chi connectivity index (χ1) is 20.5. The zero-order valence-electron chi connectivity index (χ0n) is 26.4. The Morgan fingerprint density at radius 2 is 1.65 bits per heavy atom. The normalized spacial score (nSPS) is 34.1. The highest BCUT2D eigenvalue weighted by Crippen LogP contribution is 2.66. The van der Waals surface area contributed by atoms with Gasteiger partial charge in [-0.1, -0.05) is 26.8 Å². The number of nitrogens with one attached hydrogen (secondary N) is 2. The number of carbonyl (C=O) groups is 3. The lowest BCUT2D eigenvalue weighted by Gasteiger charge is -2.65. The van der Waals surface area contributed by atoms with Crippen LogP contribution in [0.4, 0.5) is 14.9 Å². The molecular formula is C34H50FN5O3. The van der Waals surface area contributed by atoms with E-state index in [1.807, 2.05) is 22.8 Å². The Labute approximate surface area is 256 Å². The van der Waals surface area contributed by atoms with E-state index in [-0.39, 0.29) is 45.8 Å². The number of urea groups is 1. The highest BCUT2D eigenvalue weighted by molar-refractivity contribution is 5.90. The van der Waals surface area contributed by atoms with Gasteiger partial charge in [0.15, 0.2) is 0 Å². The Morgan fingerprint density at radius 1 is 0.930 bits per heavy atom. The van der Waals surface area contributed by atoms with E-state index in [0.29, 0.717) is 51.6 Å². The third kappa shape index (κ3) is 6.57. The number of amides is 4. The first-order valence-corrected chi connectivity index (χ1v) is 16.6. The van der Waals surface area contributed by atoms with E-state index in [1.165, 1.54) is 25.3 Å². The monoisotopic (exact) mass is 595 g/mol. The summed E-state index contributed by atoms with van der Waals surface area (Å²) in [5.74, 6) is 0.481. The summed E-state index contributed by atoms with van der Waals surface area (Å²) in [6, 6.07) is 4.75. The lowest BCUT2D eigenvalue weighted by molar-refractivity contribution is -0.138. The minimum absolute atomic E-state index is 0.0780. The molecule has 2 aliphatic heterocycles. The summed E-state index contributed by atoms with van der Waals surface area (Å²) < 4.78 is 15.2. The number of piperidine rings is 1. The molecule has 236 valence electrons. The van der Waals surface area contributed by atoms with Gasteiger partial charge in [0, 0.05) is 51.2 Å². The van der Waals surface area contributed by atoms with Gasteiger partial charge in [-0.2, -0.15) is 0 Å². The predicted molar refractivity (Wildman–Crippen MR) is 165 cm³/mol. The molecular weight excluding hydrogens is 545 g/mol. The second kappa shape index (κ2) is 11.7. The second-order valence-electron chi connectivity index (χ2n) is 15.3. The van der Waals surface area contributed by atoms with Crippen molar-refractivity contribution in [3.8, 4) is 0 Å². The molecule has 5 atom stereocenters. The van der Waals surface area contributed by atoms with E-state index < -0.39 is 5.82 Å². The van der Waals surface area contributed by atoms with Gasteiger partial charge in [-0.05, 0) is 98.8 Å². The largest absolute Gasteiger partial charge is 0.341 e. The van der Waals surface area contributed by atoms with Gasteiger partial charge < -0.3 is 20.4 Å². The van der Waals surface area contributed by atoms with Crippen molar-refractivity contribution < 1.29 is 18.8 Å². The third-order valence-electron chi connectivity index (χ3n) is 11.0. The molecule has 2 saturated heterocycles. The topological polar surface area (TPSA) is 85.0 Å². The second-order valence-corrected chi connectivity index (χ2v) is 15.3. The van der Waals surface area contributed by atoms with E-state index in [2.05, 4.69) is 29.4 Å². The Kier molecular flexibility index (Phi) is 8.24. The van der Waals surface area contributed by atoms with Crippen LogP contribution >= 0.6 is 0 Å². The number of benzene rings is 1. The van der Waals surface area contributed by atoms with Crippen molar-refractivity contribution >= 4 is 23.5 Å². The van der Waals surface area contributed by atoms with Crippen LogP contribution in [0.5, 0.6) is 0 Å². The van der Waals surface area contributed by atoms with Crippen LogP contribution < -0.4 is 10.6 Å². The Hall–Kier alpha value is -2.68. The van der Waals surface area contributed by atoms with Gasteiger partial charge in [-0.15, -0.1) is 0 Å². The fourth-order valence-electron chi connectivity index (χ4n) is 10.3. The molecule has 6 fully saturated rings. The molecule has 8 nitrogen and oxygen atoms in total. The summed E-state index contributed by atoms with van der Waals surface area (Å²) in [7, 11) is 0. The van der Waals surface area contributed by atoms with Crippen LogP contribution in [0.2, 0.25) is 0 Å². The molecule has 4 amide bonds. The molecule has 9 heteroatoms. The van der Waals surface area contributed by atoms with Gasteiger partial charge in [0.25, 0.3) is 0 Å². The van der Waals surface area contributed by atoms with Crippen molar-refractivity contribution in [2.45, 2.75) is 97.1 Å². The number of halogens is 1. The van der Waals surface area contributed by atoms with Crippen molar-refractivity contribution in [2.75, 3.05) is 44.6 Å². The molecule has 0 radical (unpaired) electrons. The zero-order valence-corrected chi connectivity index (χ0v) is 26.4. The minimum Gasteiger partial charge on any atom is -0.341 e. The highest BCUT2D eigenvalue weighted by Gasteiger charge is 2.60. The Balaban J connectivity index is 1.02. The van der Waals surface area contributed by atoms with Crippen LogP contribution in [-0.2, 0) is 16.1 Å². The van der Waals surface area contributed by atoms with Gasteiger partial charge in [0.2, 0.25) is 11.8 Å². The number of hydrogen-bond donors (Lipinski definition) is 2. The van der Waals surface area contributed by atoms with Crippen LogP contribution in [0.1, 0.15) is 90.5 Å². The lowest BCUT2D eigenvalue weighted by atomic mass is 9.43. The van der Waals surface area contributed by atoms with E-state index >= 15 is 4.39 Å². The molecule has 4 bridgehead atoms. The van der Waals surface area contributed by atoms with Crippen molar-refractivity contribution in [3.05, 3.63) is 29.6 Å². The first-order valence-electron chi connectivity index (χ1n) is 16.6. The maximum absolute atomic E-state index is 15.2. The molecule has 3 unspecified atom stereocenters. The Morgan fingerprint density at radius 3 is 2.35 bits per heavy atom. The summed E-state index contributed by atoms with van der Waals surface area (Å²) >= 11 is 0. The third-order valence-corrected chi connectivity index (χ3v) is 11.0. The quantitative estimate of drug-likeness (QED) is 0.463. The Bertz CT molecular complexity index is 1240. The van der Waals surface area contributed by atoms with Gasteiger partial charge in [0.05, 0.1) is 11.6 Å². The van der Waals surface area contributed by atoms with Gasteiger partial charge >= 0.3 is 6.03 Å². The summed E-state index contributed by atoms with van der Waals surface area (Å²) in [4.78, 5) is 44.7. The smallest absolute Gasteiger partial charge is 0.319 e. The van der Waals surface area contributed by atoms with Crippen molar-refractivity contribution in [1.29, 1.82) is 0 Å². The molecule has 0 spiro atoms. The number of anilines is 1. The van der Waals surface area contributed by atoms with Crippen LogP contribution in [-0.4, -0.2) is 77.4 Å². The van der Waals surface area contributed by atoms with Gasteiger partial charge in [-0.3, -0.25) is 14.5 Å². The molecule has 1 aromatic rings. The van der Waals surface area contributed by atoms with E-state index in [4.69, 9.17) is 0 Å². The molecule has 2 N–H and O–H groups in total. The predicted octanol–water partition coefficient (Wildman–Crippen LogP) is 5.38. The lowest BCUT2D eigenvalue weighted by Crippen LogP contribution is -2.65. The zero-order chi connectivity index (χ0) is 30.4. The number of carbonyl (C=O) groups excluding carboxylic acids is 3. The van der Waals surface area contributed by atoms with Crippen molar-refractivity contribution in [3.63, 3.8) is 0 Å². The fraction of sp³-hybridized carbons (Fsp3) is 0.735. The molecule has 2 heterocycles. The van der Waals surface area contributed by atoms with Crippen LogP contribution in [0, 0.1) is 28.5 Å². The molecule has 4 aliphatic carbocycles. The van der Waals surface area contributed by atoms with Crippen LogP contribution in [0.15, 0.2) is 18.2 Å². The maximum Gasteiger partial charge on any atom is 0.319 e. The first kappa shape index (κ1) is 30.4. The van der Waals surface area contributed by atoms with Crippen LogP contribution in [0.25, 0.3) is 0 Å². The SMILES string of the molecule is CCC(=O)N1CCCN(C(=O)C2CCCN(Cc3ccc(NC(=O)NC45CC6C[C@@](C)(C4)C[C@](C)(C6)C5)c(F)c3)C2)CC1. The number of likely N-dealkylation sites (tertiary alicyclic amines) is 1. The molecule has 6 aliphatic rings. The number of rotatable bonds is 6. The summed E-state index contributed by atoms with van der Waals surface area (Å²) in [5, 5.41) is 6.11. The summed E-state index contributed by atoms with van der Waals surface area (Å²) in [5.41, 5.74) is 1.42. The van der Waals surface area contributed by atoms with Crippen LogP contribution in [0.3, 0.4) is 0 Å². The fourth-order valence-corrected chi connectivity index (χ4v) is 10.3. The standard InChI is InChI=1S/C34H50FN5O3/c1-4-29(41)39-11-6-12-40(14-13-39)30(42)26-7-5-10-38(20-26)19-24-8-9-28(27(35)15-24)36-31(43)37-34-18-25-16-32(2,22-34)21-33(3,17-25)23-34/h8-9,15,25-26H,4-7,10-14,16-23H2,1-3H3,(H2,36,37,43)/t25?,26?,32-,33+,34?. The highest BCUT2D eigenvalue weighted by atomic mass is 19.1. The maximum atomic E-state index is 15.2. The minimum atomic E-state index is -0.433. The van der Waals surface area contributed by atoms with Gasteiger partial charge in [0.1, 0.15) is 5.82 Å².